The first-order chi connectivity index (χ1) is 10.1. The van der Waals surface area contributed by atoms with Crippen LogP contribution in [-0.2, 0) is 19.4 Å². The van der Waals surface area contributed by atoms with Crippen molar-refractivity contribution in [1.29, 1.82) is 0 Å². The smallest absolute Gasteiger partial charge is 0.338 e. The Hall–Kier alpha value is -1.17. The Kier molecular flexibility index (Phi) is 4.42. The van der Waals surface area contributed by atoms with Gasteiger partial charge in [0.05, 0.1) is 9.35 Å². The van der Waals surface area contributed by atoms with Crippen molar-refractivity contribution in [2.75, 3.05) is 13.1 Å². The first-order valence-electron chi connectivity index (χ1n) is 6.94. The Labute approximate surface area is 136 Å². The van der Waals surface area contributed by atoms with E-state index in [1.165, 1.54) is 10.4 Å². The predicted octanol–water partition coefficient (Wildman–Crippen LogP) is 3.81. The molecule has 0 saturated carbocycles. The van der Waals surface area contributed by atoms with Crippen molar-refractivity contribution in [3.8, 4) is 0 Å². The molecule has 0 bridgehead atoms. The van der Waals surface area contributed by atoms with Gasteiger partial charge < -0.3 is 5.11 Å². The molecule has 0 aliphatic carbocycles. The second kappa shape index (κ2) is 6.30. The van der Waals surface area contributed by atoms with Crippen molar-refractivity contribution in [2.24, 2.45) is 0 Å². The molecular weight excluding hydrogens is 350 g/mol. The minimum absolute atomic E-state index is 0.470. The number of fused-ring (bicyclic) bond motifs is 1. The van der Waals surface area contributed by atoms with Crippen molar-refractivity contribution < 1.29 is 9.90 Å². The lowest BCUT2D eigenvalue weighted by Gasteiger charge is -2.26. The number of benzene rings is 1. The number of aromatic carboxylic acids is 1. The summed E-state index contributed by atoms with van der Waals surface area (Å²) in [5.74, 6) is -0.822. The van der Waals surface area contributed by atoms with Crippen molar-refractivity contribution in [3.63, 3.8) is 0 Å². The van der Waals surface area contributed by atoms with E-state index in [1.54, 1.807) is 11.3 Å². The fourth-order valence-electron chi connectivity index (χ4n) is 2.76. The van der Waals surface area contributed by atoms with E-state index in [-0.39, 0.29) is 0 Å². The molecule has 2 heterocycles. The maximum atomic E-state index is 11.3. The molecule has 0 spiro atoms. The molecule has 2 aromatic rings. The maximum Gasteiger partial charge on any atom is 0.338 e. The molecule has 21 heavy (non-hydrogen) atoms. The molecule has 0 saturated heterocycles. The van der Waals surface area contributed by atoms with E-state index in [0.717, 1.165) is 41.8 Å². The standard InChI is InChI=1S/C16H16BrNO2S/c17-15-14(16(19)20)12-7-9-18(10-13(12)21-15)8-6-11-4-2-1-3-5-11/h1-5H,6-10H2,(H,19,20). The molecule has 0 unspecified atom stereocenters. The summed E-state index contributed by atoms with van der Waals surface area (Å²) >= 11 is 4.96. The van der Waals surface area contributed by atoms with Gasteiger partial charge in [-0.05, 0) is 39.9 Å². The number of hydrogen-bond donors (Lipinski definition) is 1. The minimum Gasteiger partial charge on any atom is -0.478 e. The number of halogens is 1. The van der Waals surface area contributed by atoms with Crippen LogP contribution in [0.5, 0.6) is 0 Å². The summed E-state index contributed by atoms with van der Waals surface area (Å²) in [5.41, 5.74) is 2.84. The van der Waals surface area contributed by atoms with E-state index in [1.807, 2.05) is 6.07 Å². The summed E-state index contributed by atoms with van der Waals surface area (Å²) in [5, 5.41) is 9.29. The van der Waals surface area contributed by atoms with Gasteiger partial charge in [0.1, 0.15) is 0 Å². The van der Waals surface area contributed by atoms with Gasteiger partial charge in [0.15, 0.2) is 0 Å². The average molecular weight is 366 g/mol. The first-order valence-corrected chi connectivity index (χ1v) is 8.55. The van der Waals surface area contributed by atoms with E-state index in [2.05, 4.69) is 45.1 Å². The van der Waals surface area contributed by atoms with Crippen molar-refractivity contribution >= 4 is 33.2 Å². The predicted molar refractivity (Wildman–Crippen MR) is 88.1 cm³/mol. The van der Waals surface area contributed by atoms with Crippen LogP contribution in [0.3, 0.4) is 0 Å². The van der Waals surface area contributed by atoms with Gasteiger partial charge in [-0.15, -0.1) is 11.3 Å². The molecular formula is C16H16BrNO2S. The molecule has 1 aromatic carbocycles. The molecule has 1 N–H and O–H groups in total. The van der Waals surface area contributed by atoms with Crippen LogP contribution in [0.2, 0.25) is 0 Å². The monoisotopic (exact) mass is 365 g/mol. The largest absolute Gasteiger partial charge is 0.478 e. The van der Waals surface area contributed by atoms with Crippen LogP contribution in [0, 0.1) is 0 Å². The van der Waals surface area contributed by atoms with Gasteiger partial charge in [0.2, 0.25) is 0 Å². The van der Waals surface area contributed by atoms with Gasteiger partial charge in [-0.2, -0.15) is 0 Å². The van der Waals surface area contributed by atoms with E-state index in [4.69, 9.17) is 0 Å². The van der Waals surface area contributed by atoms with Crippen LogP contribution in [0.15, 0.2) is 34.1 Å². The summed E-state index contributed by atoms with van der Waals surface area (Å²) in [6.45, 7) is 2.81. The van der Waals surface area contributed by atoms with Crippen LogP contribution >= 0.6 is 27.3 Å². The number of rotatable bonds is 4. The molecule has 0 radical (unpaired) electrons. The van der Waals surface area contributed by atoms with E-state index >= 15 is 0 Å². The van der Waals surface area contributed by atoms with Crippen LogP contribution in [0.1, 0.15) is 26.4 Å². The maximum absolute atomic E-state index is 11.3. The lowest BCUT2D eigenvalue weighted by molar-refractivity contribution is 0.0694. The Morgan fingerprint density at radius 3 is 2.81 bits per heavy atom. The summed E-state index contributed by atoms with van der Waals surface area (Å²) < 4.78 is 0.755. The summed E-state index contributed by atoms with van der Waals surface area (Å²) in [6, 6.07) is 10.5. The molecule has 1 aliphatic rings. The Morgan fingerprint density at radius 1 is 1.33 bits per heavy atom. The number of carboxylic acid groups (broad SMARTS) is 1. The molecule has 1 aromatic heterocycles. The van der Waals surface area contributed by atoms with Crippen molar-refractivity contribution in [1.82, 2.24) is 4.90 Å². The quantitative estimate of drug-likeness (QED) is 0.895. The summed E-state index contributed by atoms with van der Waals surface area (Å²) in [4.78, 5) is 14.9. The van der Waals surface area contributed by atoms with Gasteiger partial charge >= 0.3 is 5.97 Å². The highest BCUT2D eigenvalue weighted by atomic mass is 79.9. The van der Waals surface area contributed by atoms with Gasteiger partial charge in [0.25, 0.3) is 0 Å². The third-order valence-corrected chi connectivity index (χ3v) is 5.75. The average Bonchev–Trinajstić information content (AvgIpc) is 2.81. The van der Waals surface area contributed by atoms with Crippen LogP contribution in [-0.4, -0.2) is 29.1 Å². The van der Waals surface area contributed by atoms with Crippen LogP contribution in [0.4, 0.5) is 0 Å². The fraction of sp³-hybridized carbons (Fsp3) is 0.312. The van der Waals surface area contributed by atoms with Crippen LogP contribution < -0.4 is 0 Å². The third kappa shape index (κ3) is 3.20. The van der Waals surface area contributed by atoms with Gasteiger partial charge in [-0.1, -0.05) is 30.3 Å². The highest BCUT2D eigenvalue weighted by Crippen LogP contribution is 2.36. The molecule has 1 aliphatic heterocycles. The number of nitrogens with zero attached hydrogens (tertiary/aromatic N) is 1. The van der Waals surface area contributed by atoms with Gasteiger partial charge in [-0.3, -0.25) is 4.90 Å². The number of carbonyl (C=O) groups is 1. The highest BCUT2D eigenvalue weighted by molar-refractivity contribution is 9.11. The highest BCUT2D eigenvalue weighted by Gasteiger charge is 2.26. The molecule has 110 valence electrons. The second-order valence-corrected chi connectivity index (χ2v) is 7.64. The molecule has 3 nitrogen and oxygen atoms in total. The second-order valence-electron chi connectivity index (χ2n) is 5.22. The van der Waals surface area contributed by atoms with E-state index in [0.29, 0.717) is 5.56 Å². The van der Waals surface area contributed by atoms with Crippen molar-refractivity contribution in [3.05, 3.63) is 55.7 Å². The molecule has 0 fully saturated rings. The number of hydrogen-bond acceptors (Lipinski definition) is 3. The zero-order valence-corrected chi connectivity index (χ0v) is 13.9. The van der Waals surface area contributed by atoms with Gasteiger partial charge in [-0.25, -0.2) is 4.79 Å². The van der Waals surface area contributed by atoms with E-state index in [9.17, 15) is 9.90 Å². The zero-order chi connectivity index (χ0) is 14.8. The minimum atomic E-state index is -0.822. The first kappa shape index (κ1) is 14.8. The third-order valence-electron chi connectivity index (χ3n) is 3.87. The Morgan fingerprint density at radius 2 is 2.10 bits per heavy atom. The van der Waals surface area contributed by atoms with Crippen LogP contribution in [0.25, 0.3) is 0 Å². The molecule has 3 rings (SSSR count). The summed E-state index contributed by atoms with van der Waals surface area (Å²) in [6.07, 6.45) is 1.86. The van der Waals surface area contributed by atoms with Gasteiger partial charge in [0, 0.05) is 24.5 Å². The lowest BCUT2D eigenvalue weighted by atomic mass is 10.0. The topological polar surface area (TPSA) is 40.5 Å². The Balaban J connectivity index is 1.68. The number of carboxylic acids is 1. The summed E-state index contributed by atoms with van der Waals surface area (Å²) in [7, 11) is 0. The lowest BCUT2D eigenvalue weighted by Crippen LogP contribution is -2.32. The molecule has 0 amide bonds. The zero-order valence-electron chi connectivity index (χ0n) is 11.5. The molecule has 5 heteroatoms. The van der Waals surface area contributed by atoms with Crippen molar-refractivity contribution in [2.45, 2.75) is 19.4 Å². The number of thiophene rings is 1. The Bertz CT molecular complexity index is 654. The fourth-order valence-corrected chi connectivity index (χ4v) is 4.86. The molecule has 0 atom stereocenters. The van der Waals surface area contributed by atoms with E-state index < -0.39 is 5.97 Å². The normalized spacial score (nSPS) is 14.9. The SMILES string of the molecule is O=C(O)c1c(Br)sc2c1CCN(CCc1ccccc1)C2.